The Morgan fingerprint density at radius 3 is 2.66 bits per heavy atom. The predicted octanol–water partition coefficient (Wildman–Crippen LogP) is 3.80. The van der Waals surface area contributed by atoms with Crippen LogP contribution in [0.1, 0.15) is 44.9 Å². The first-order valence-electron chi connectivity index (χ1n) is 10.8. The fraction of sp³-hybridized carbons (Fsp3) is 0.542. The van der Waals surface area contributed by atoms with Crippen molar-refractivity contribution >= 4 is 23.0 Å². The Morgan fingerprint density at radius 2 is 2.00 bits per heavy atom. The molecule has 2 aliphatic heterocycles. The lowest BCUT2D eigenvalue weighted by molar-refractivity contribution is -0.145. The van der Waals surface area contributed by atoms with E-state index in [9.17, 15) is 9.59 Å². The van der Waals surface area contributed by atoms with E-state index in [-0.39, 0.29) is 6.54 Å². The van der Waals surface area contributed by atoms with Crippen LogP contribution in [-0.2, 0) is 20.7 Å². The Balaban J connectivity index is 1.70. The minimum atomic E-state index is -0.759. The topological polar surface area (TPSA) is 87.2 Å². The van der Waals surface area contributed by atoms with Crippen molar-refractivity contribution in [2.75, 3.05) is 20.8 Å². The van der Waals surface area contributed by atoms with Gasteiger partial charge in [0, 0.05) is 17.4 Å². The van der Waals surface area contributed by atoms with E-state index in [0.29, 0.717) is 18.6 Å². The zero-order valence-electron chi connectivity index (χ0n) is 19.5. The van der Waals surface area contributed by atoms with Crippen LogP contribution in [-0.4, -0.2) is 60.0 Å². The molecule has 8 nitrogen and oxygen atoms in total. The third-order valence-electron chi connectivity index (χ3n) is 6.07. The van der Waals surface area contributed by atoms with Gasteiger partial charge in [0.25, 0.3) is 0 Å². The van der Waals surface area contributed by atoms with E-state index >= 15 is 0 Å². The number of ether oxygens (including phenoxy) is 4. The van der Waals surface area contributed by atoms with E-state index in [1.165, 1.54) is 12.0 Å². The summed E-state index contributed by atoms with van der Waals surface area (Å²) in [5, 5.41) is 0.992. The van der Waals surface area contributed by atoms with Crippen molar-refractivity contribution in [3.8, 4) is 11.5 Å². The summed E-state index contributed by atoms with van der Waals surface area (Å²) in [5.74, 6) is 1.00. The zero-order valence-corrected chi connectivity index (χ0v) is 19.5. The normalized spacial score (nSPS) is 22.4. The van der Waals surface area contributed by atoms with Gasteiger partial charge in [-0.25, -0.2) is 14.6 Å². The van der Waals surface area contributed by atoms with Crippen molar-refractivity contribution < 1.29 is 28.5 Å². The molecule has 0 radical (unpaired) electrons. The van der Waals surface area contributed by atoms with Crippen LogP contribution in [0, 0.1) is 6.92 Å². The van der Waals surface area contributed by atoms with Gasteiger partial charge in [-0.2, -0.15) is 0 Å². The van der Waals surface area contributed by atoms with Crippen molar-refractivity contribution in [3.05, 3.63) is 29.5 Å². The molecule has 1 unspecified atom stereocenters. The fourth-order valence-corrected chi connectivity index (χ4v) is 4.62. The Kier molecular flexibility index (Phi) is 5.43. The largest absolute Gasteiger partial charge is 0.497 e. The molecule has 172 valence electrons. The Hall–Kier alpha value is -3.03. The number of likely N-dealkylation sites (tertiary alicyclic amines) is 1. The molecule has 1 spiro atoms. The number of methoxy groups -OCH3 is 2. The first-order valence-corrected chi connectivity index (χ1v) is 10.8. The molecule has 0 bridgehead atoms. The quantitative estimate of drug-likeness (QED) is 0.654. The van der Waals surface area contributed by atoms with Gasteiger partial charge in [-0.1, -0.05) is 0 Å². The van der Waals surface area contributed by atoms with Gasteiger partial charge in [-0.05, 0) is 58.7 Å². The SMILES string of the molecule is COC(=O)[C@@H]1CC2(CCc3c(c(C)nc4ccc(OC)cc34)O2)CN1C(=O)OC(C)(C)C. The van der Waals surface area contributed by atoms with Crippen LogP contribution in [0.5, 0.6) is 11.5 Å². The van der Waals surface area contributed by atoms with E-state index in [1.807, 2.05) is 25.1 Å². The second-order valence-electron chi connectivity index (χ2n) is 9.52. The number of fused-ring (bicyclic) bond motifs is 3. The lowest BCUT2D eigenvalue weighted by Crippen LogP contribution is -2.46. The number of benzene rings is 1. The molecule has 2 aliphatic rings. The summed E-state index contributed by atoms with van der Waals surface area (Å²) in [7, 11) is 2.96. The number of pyridine rings is 1. The van der Waals surface area contributed by atoms with Crippen LogP contribution < -0.4 is 9.47 Å². The van der Waals surface area contributed by atoms with Crippen molar-refractivity contribution in [2.24, 2.45) is 0 Å². The van der Waals surface area contributed by atoms with Gasteiger partial charge in [-0.15, -0.1) is 0 Å². The maximum atomic E-state index is 12.9. The summed E-state index contributed by atoms with van der Waals surface area (Å²) < 4.78 is 22.5. The predicted molar refractivity (Wildman–Crippen MR) is 118 cm³/mol. The van der Waals surface area contributed by atoms with Gasteiger partial charge in [0.1, 0.15) is 28.7 Å². The molecule has 8 heteroatoms. The van der Waals surface area contributed by atoms with Crippen molar-refractivity contribution in [1.82, 2.24) is 9.88 Å². The second kappa shape index (κ2) is 7.83. The van der Waals surface area contributed by atoms with Crippen molar-refractivity contribution in [3.63, 3.8) is 0 Å². The number of rotatable bonds is 2. The first-order chi connectivity index (χ1) is 15.1. The van der Waals surface area contributed by atoms with Crippen molar-refractivity contribution in [2.45, 2.75) is 64.2 Å². The Bertz CT molecular complexity index is 1080. The average Bonchev–Trinajstić information content (AvgIpc) is 3.11. The maximum Gasteiger partial charge on any atom is 0.411 e. The minimum Gasteiger partial charge on any atom is -0.497 e. The van der Waals surface area contributed by atoms with Crippen LogP contribution in [0.25, 0.3) is 10.9 Å². The molecule has 4 rings (SSSR count). The molecule has 2 atom stereocenters. The lowest BCUT2D eigenvalue weighted by Gasteiger charge is -2.36. The highest BCUT2D eigenvalue weighted by atomic mass is 16.6. The number of hydrogen-bond acceptors (Lipinski definition) is 7. The first kappa shape index (κ1) is 22.2. The highest BCUT2D eigenvalue weighted by Crippen LogP contribution is 2.45. The molecule has 3 heterocycles. The molecule has 0 N–H and O–H groups in total. The van der Waals surface area contributed by atoms with E-state index < -0.39 is 29.3 Å². The van der Waals surface area contributed by atoms with Crippen LogP contribution in [0.4, 0.5) is 4.79 Å². The smallest absolute Gasteiger partial charge is 0.411 e. The molecule has 0 saturated carbocycles. The van der Waals surface area contributed by atoms with Crippen LogP contribution in [0.15, 0.2) is 18.2 Å². The van der Waals surface area contributed by atoms with Crippen LogP contribution >= 0.6 is 0 Å². The molecule has 32 heavy (non-hydrogen) atoms. The van der Waals surface area contributed by atoms with Crippen LogP contribution in [0.3, 0.4) is 0 Å². The number of esters is 1. The van der Waals surface area contributed by atoms with Gasteiger partial charge >= 0.3 is 12.1 Å². The lowest BCUT2D eigenvalue weighted by atomic mass is 9.87. The summed E-state index contributed by atoms with van der Waals surface area (Å²) >= 11 is 0. The summed E-state index contributed by atoms with van der Waals surface area (Å²) in [6.07, 6.45) is 1.19. The Labute approximate surface area is 187 Å². The fourth-order valence-electron chi connectivity index (χ4n) is 4.62. The van der Waals surface area contributed by atoms with E-state index in [4.69, 9.17) is 23.9 Å². The highest BCUT2D eigenvalue weighted by molar-refractivity contribution is 5.87. The molecule has 1 fully saturated rings. The summed E-state index contributed by atoms with van der Waals surface area (Å²) in [6, 6.07) is 5.05. The number of carbonyl (C=O) groups is 2. The molecular formula is C24H30N2O6. The minimum absolute atomic E-state index is 0.247. The molecule has 1 amide bonds. The number of carbonyl (C=O) groups excluding carboxylic acids is 2. The van der Waals surface area contributed by atoms with Crippen molar-refractivity contribution in [1.29, 1.82) is 0 Å². The molecule has 1 aromatic heterocycles. The second-order valence-corrected chi connectivity index (χ2v) is 9.52. The van der Waals surface area contributed by atoms with Gasteiger partial charge < -0.3 is 18.9 Å². The molecule has 0 aliphatic carbocycles. The summed E-state index contributed by atoms with van der Waals surface area (Å²) in [4.78, 5) is 31.6. The summed E-state index contributed by atoms with van der Waals surface area (Å²) in [6.45, 7) is 7.56. The molecule has 2 aromatic rings. The van der Waals surface area contributed by atoms with Gasteiger partial charge in [-0.3, -0.25) is 4.90 Å². The van der Waals surface area contributed by atoms with Gasteiger partial charge in [0.15, 0.2) is 0 Å². The number of amides is 1. The molecule has 1 aromatic carbocycles. The van der Waals surface area contributed by atoms with E-state index in [1.54, 1.807) is 27.9 Å². The van der Waals surface area contributed by atoms with Gasteiger partial charge in [0.05, 0.1) is 32.0 Å². The van der Waals surface area contributed by atoms with Gasteiger partial charge in [0.2, 0.25) is 0 Å². The standard InChI is InChI=1S/C24H30N2O6/c1-14-20-16(17-11-15(29-5)7-8-18(17)25-14)9-10-24(31-20)12-19(21(27)30-6)26(13-24)22(28)32-23(2,3)4/h7-8,11,19H,9-10,12-13H2,1-6H3/t19-,24?/m0/s1. The third kappa shape index (κ3) is 3.94. The highest BCUT2D eigenvalue weighted by Gasteiger charge is 2.53. The molecular weight excluding hydrogens is 412 g/mol. The number of hydrogen-bond donors (Lipinski definition) is 0. The maximum absolute atomic E-state index is 12.9. The third-order valence-corrected chi connectivity index (χ3v) is 6.07. The average molecular weight is 443 g/mol. The van der Waals surface area contributed by atoms with Crippen LogP contribution in [0.2, 0.25) is 0 Å². The van der Waals surface area contributed by atoms with E-state index in [2.05, 4.69) is 0 Å². The number of aryl methyl sites for hydroxylation is 2. The zero-order chi connectivity index (χ0) is 23.3. The van der Waals surface area contributed by atoms with E-state index in [0.717, 1.165) is 34.3 Å². The number of nitrogens with zero attached hydrogens (tertiary/aromatic N) is 2. The Morgan fingerprint density at radius 1 is 1.25 bits per heavy atom. The monoisotopic (exact) mass is 442 g/mol. The molecule has 1 saturated heterocycles. The number of aromatic nitrogens is 1. The summed E-state index contributed by atoms with van der Waals surface area (Å²) in [5.41, 5.74) is 1.36.